The van der Waals surface area contributed by atoms with Crippen LogP contribution >= 0.6 is 17.0 Å². The van der Waals surface area contributed by atoms with Crippen LogP contribution in [0.25, 0.3) is 33.2 Å². The number of allylic oxidation sites excluding steroid dienone is 3. The molecule has 1 atom stereocenters. The molecule has 0 fully saturated rings. The zero-order valence-corrected chi connectivity index (χ0v) is 42.8. The molecule has 1 unspecified atom stereocenters. The van der Waals surface area contributed by atoms with Crippen LogP contribution in [-0.4, -0.2) is 16.1 Å². The number of hydrogen-bond acceptors (Lipinski definition) is 0. The van der Waals surface area contributed by atoms with Gasteiger partial charge in [-0.1, -0.05) is 159 Å². The molecule has 0 radical (unpaired) electrons. The molecular weight excluding hydrogens is 843 g/mol. The summed E-state index contributed by atoms with van der Waals surface area (Å²) in [5, 5.41) is 10.5. The summed E-state index contributed by atoms with van der Waals surface area (Å²) in [6.07, 6.45) is 6.10. The third-order valence-corrected chi connectivity index (χ3v) is 20.2. The second kappa shape index (κ2) is 16.5. The summed E-state index contributed by atoms with van der Waals surface area (Å²) in [6.45, 7) is 33.2. The van der Waals surface area contributed by atoms with E-state index in [1.165, 1.54) is 66.1 Å². The molecule has 2 aliphatic rings. The van der Waals surface area contributed by atoms with Gasteiger partial charge in [0.05, 0.1) is 8.07 Å². The Bertz CT molecular complexity index is 2510. The average molecular weight is 905 g/mol. The van der Waals surface area contributed by atoms with E-state index in [-0.39, 0.29) is 10.8 Å². The standard InChI is InChI=1S/C26H32Si.C26H30Si.2ClH.Zr/c2*1-17-12-19-15-20(26(3,4)5)16-25(23(19)13-17)27(6,7)24-14-18(2)21-10-8-9-11-22(21)24;;;/h8-12,14-16,24H,13H2,1-7H3;8-16H,1-7H3;2*1H;/q;-2;;;+2/p-2. The van der Waals surface area contributed by atoms with Crippen LogP contribution in [0.15, 0.2) is 103 Å². The molecule has 0 heterocycles. The molecule has 0 bridgehead atoms. The van der Waals surface area contributed by atoms with Crippen LogP contribution in [0.4, 0.5) is 0 Å². The van der Waals surface area contributed by atoms with Gasteiger partial charge in [0, 0.05) is 13.6 Å². The molecule has 0 saturated carbocycles. The molecule has 0 N–H and O–H groups in total. The molecule has 298 valence electrons. The van der Waals surface area contributed by atoms with Crippen molar-refractivity contribution in [2.75, 3.05) is 0 Å². The Hall–Kier alpha value is -2.52. The number of rotatable bonds is 4. The van der Waals surface area contributed by atoms with Gasteiger partial charge in [0.1, 0.15) is 0 Å². The number of benzene rings is 4. The van der Waals surface area contributed by atoms with Crippen molar-refractivity contribution in [2.45, 2.75) is 118 Å². The van der Waals surface area contributed by atoms with Crippen LogP contribution in [0.2, 0.25) is 26.2 Å². The Morgan fingerprint density at radius 2 is 1.35 bits per heavy atom. The van der Waals surface area contributed by atoms with Gasteiger partial charge in [-0.05, 0) is 64.5 Å². The van der Waals surface area contributed by atoms with Crippen molar-refractivity contribution in [3.8, 4) is 0 Å². The van der Waals surface area contributed by atoms with Crippen LogP contribution in [0.5, 0.6) is 0 Å². The van der Waals surface area contributed by atoms with Gasteiger partial charge in [-0.2, -0.15) is 11.6 Å². The van der Waals surface area contributed by atoms with Gasteiger partial charge in [-0.3, -0.25) is 0 Å². The van der Waals surface area contributed by atoms with Gasteiger partial charge in [0.25, 0.3) is 0 Å². The summed E-state index contributed by atoms with van der Waals surface area (Å²) in [7, 11) is 6.26. The molecule has 0 aromatic heterocycles. The normalized spacial score (nSPS) is 15.3. The predicted molar refractivity (Wildman–Crippen MR) is 258 cm³/mol. The Kier molecular flexibility index (Phi) is 12.7. The van der Waals surface area contributed by atoms with E-state index in [0.717, 1.165) is 6.42 Å². The molecule has 8 rings (SSSR count). The van der Waals surface area contributed by atoms with Crippen LogP contribution in [0, 0.1) is 13.8 Å². The molecule has 0 amide bonds. The average Bonchev–Trinajstić information content (AvgIpc) is 3.89. The minimum absolute atomic E-state index is 0.155. The maximum atomic E-state index is 4.93. The maximum absolute atomic E-state index is 4.93. The van der Waals surface area contributed by atoms with Crippen molar-refractivity contribution < 1.29 is 20.8 Å². The Morgan fingerprint density at radius 3 is 2.02 bits per heavy atom. The van der Waals surface area contributed by atoms with E-state index in [4.69, 9.17) is 17.0 Å². The van der Waals surface area contributed by atoms with Gasteiger partial charge in [-0.25, -0.2) is 0 Å². The Labute approximate surface area is 365 Å². The van der Waals surface area contributed by atoms with Crippen molar-refractivity contribution in [3.63, 3.8) is 0 Å². The SMILES string of the molecule is CC1=Cc2cc(C(C)(C)C)cc([Si](C)(C)C3C=C(C)c4ccccc43)c2C1.Cc1cc2cc(C(C)(C)C)cc([Si](C)(C)[c-]3cc(C)c4ccccc43)c2[cH-]1.[Cl][Zr][Cl]. The summed E-state index contributed by atoms with van der Waals surface area (Å²) >= 11 is -0.826. The van der Waals surface area contributed by atoms with E-state index >= 15 is 0 Å². The van der Waals surface area contributed by atoms with E-state index in [0.29, 0.717) is 5.54 Å². The van der Waals surface area contributed by atoms with Crippen LogP contribution < -0.4 is 15.6 Å². The van der Waals surface area contributed by atoms with Crippen molar-refractivity contribution in [2.24, 2.45) is 0 Å². The molecule has 6 aromatic carbocycles. The van der Waals surface area contributed by atoms with Crippen LogP contribution in [0.1, 0.15) is 105 Å². The zero-order chi connectivity index (χ0) is 41.8. The number of fused-ring (bicyclic) bond motifs is 4. The first kappa shape index (κ1) is 44.0. The first-order valence-electron chi connectivity index (χ1n) is 20.6. The van der Waals surface area contributed by atoms with Crippen molar-refractivity contribution in [3.05, 3.63) is 147 Å². The quantitative estimate of drug-likeness (QED) is 0.122. The van der Waals surface area contributed by atoms with Crippen molar-refractivity contribution in [1.82, 2.24) is 0 Å². The van der Waals surface area contributed by atoms with E-state index in [1.54, 1.807) is 26.7 Å². The monoisotopic (exact) mass is 902 g/mol. The summed E-state index contributed by atoms with van der Waals surface area (Å²) < 4.78 is 0. The van der Waals surface area contributed by atoms with E-state index < -0.39 is 37.0 Å². The molecule has 0 spiro atoms. The molecule has 2 aliphatic carbocycles. The Balaban J connectivity index is 0.000000180. The molecule has 57 heavy (non-hydrogen) atoms. The van der Waals surface area contributed by atoms with Gasteiger partial charge in [0.2, 0.25) is 0 Å². The molecular formula is C52H62Cl2Si2Zr-2. The topological polar surface area (TPSA) is 0 Å². The first-order valence-corrected chi connectivity index (χ1v) is 33.0. The van der Waals surface area contributed by atoms with Gasteiger partial charge in [0.15, 0.2) is 0 Å². The second-order valence-corrected chi connectivity index (χ2v) is 32.6. The molecule has 0 aliphatic heterocycles. The molecule has 0 saturated heterocycles. The first-order chi connectivity index (χ1) is 26.6. The summed E-state index contributed by atoms with van der Waals surface area (Å²) in [6, 6.07) is 35.1. The minimum atomic E-state index is -1.86. The Morgan fingerprint density at radius 1 is 0.754 bits per heavy atom. The summed E-state index contributed by atoms with van der Waals surface area (Å²) in [5.41, 5.74) is 15.6. The van der Waals surface area contributed by atoms with Gasteiger partial charge < -0.3 is 0 Å². The molecule has 0 nitrogen and oxygen atoms in total. The van der Waals surface area contributed by atoms with Gasteiger partial charge in [-0.15, -0.1) is 73.9 Å². The zero-order valence-electron chi connectivity index (χ0n) is 36.9. The third kappa shape index (κ3) is 8.72. The summed E-state index contributed by atoms with van der Waals surface area (Å²) in [5.74, 6) is 0. The number of hydrogen-bond donors (Lipinski definition) is 0. The van der Waals surface area contributed by atoms with E-state index in [1.807, 2.05) is 0 Å². The number of halogens is 2. The fourth-order valence-electron chi connectivity index (χ4n) is 9.46. The van der Waals surface area contributed by atoms with E-state index in [9.17, 15) is 0 Å². The predicted octanol–water partition coefficient (Wildman–Crippen LogP) is 14.1. The summed E-state index contributed by atoms with van der Waals surface area (Å²) in [4.78, 5) is 0. The second-order valence-electron chi connectivity index (χ2n) is 19.9. The van der Waals surface area contributed by atoms with Crippen molar-refractivity contribution in [1.29, 1.82) is 0 Å². The fourth-order valence-corrected chi connectivity index (χ4v) is 16.2. The number of aryl methyl sites for hydroxylation is 2. The van der Waals surface area contributed by atoms with Crippen LogP contribution in [-0.2, 0) is 38.1 Å². The molecule has 5 heteroatoms. The van der Waals surface area contributed by atoms with Gasteiger partial charge >= 0.3 is 37.9 Å². The van der Waals surface area contributed by atoms with Crippen LogP contribution in [0.3, 0.4) is 0 Å². The fraction of sp³-hybridized carbons (Fsp3) is 0.346. The van der Waals surface area contributed by atoms with E-state index in [2.05, 4.69) is 199 Å². The van der Waals surface area contributed by atoms with Crippen molar-refractivity contribution >= 4 is 81.9 Å². The molecule has 6 aromatic rings. The third-order valence-electron chi connectivity index (χ3n) is 12.8.